The number of hydrogen-bond donors (Lipinski definition) is 1. The molecule has 292 valence electrons. The Bertz CT molecular complexity index is 798. The van der Waals surface area contributed by atoms with Gasteiger partial charge in [-0.2, -0.15) is 0 Å². The molecule has 0 aliphatic rings. The molecule has 0 aliphatic heterocycles. The van der Waals surface area contributed by atoms with Crippen molar-refractivity contribution in [3.8, 4) is 0 Å². The van der Waals surface area contributed by atoms with Gasteiger partial charge in [-0.25, -0.2) is 0 Å². The van der Waals surface area contributed by atoms with Gasteiger partial charge in [0.15, 0.2) is 0 Å². The summed E-state index contributed by atoms with van der Waals surface area (Å²) in [4.78, 5) is 23.7. The van der Waals surface area contributed by atoms with Gasteiger partial charge in [0, 0.05) is 6.42 Å². The standard InChI is InChI=1S/C46H84O4/c1-3-5-7-9-11-13-15-17-19-21-22-23-24-26-28-30-32-34-36-38-40-42-46(49)50-44(43-45(47)48)41-39-37-35-33-31-29-27-25-20-18-16-14-12-10-8-6-4-2/h11,13,17,19,26,28,44H,3-10,12,14-16,18,20-25,27,29-43H2,1-2H3,(H,47,48)/b13-11-,19-17-,28-26-. The number of unbranched alkanes of at least 4 members (excludes halogenated alkanes) is 27. The van der Waals surface area contributed by atoms with Crippen molar-refractivity contribution < 1.29 is 19.4 Å². The van der Waals surface area contributed by atoms with E-state index in [1.807, 2.05) is 0 Å². The van der Waals surface area contributed by atoms with E-state index < -0.39 is 12.1 Å². The molecular weight excluding hydrogens is 617 g/mol. The van der Waals surface area contributed by atoms with Gasteiger partial charge >= 0.3 is 11.9 Å². The maximum atomic E-state index is 12.4. The number of hydrogen-bond acceptors (Lipinski definition) is 3. The predicted octanol–water partition coefficient (Wildman–Crippen LogP) is 15.3. The van der Waals surface area contributed by atoms with Crippen molar-refractivity contribution >= 4 is 11.9 Å². The summed E-state index contributed by atoms with van der Waals surface area (Å²) in [6, 6.07) is 0. The highest BCUT2D eigenvalue weighted by molar-refractivity contribution is 5.71. The summed E-state index contributed by atoms with van der Waals surface area (Å²) >= 11 is 0. The number of carbonyl (C=O) groups is 2. The molecule has 0 saturated carbocycles. The van der Waals surface area contributed by atoms with Crippen LogP contribution in [0.2, 0.25) is 0 Å². The van der Waals surface area contributed by atoms with Crippen molar-refractivity contribution in [2.24, 2.45) is 0 Å². The third-order valence-corrected chi connectivity index (χ3v) is 9.82. The molecule has 0 aromatic heterocycles. The molecule has 4 nitrogen and oxygen atoms in total. The number of carboxylic acids is 1. The van der Waals surface area contributed by atoms with Crippen LogP contribution in [0.3, 0.4) is 0 Å². The first kappa shape index (κ1) is 48.2. The van der Waals surface area contributed by atoms with Crippen molar-refractivity contribution in [1.82, 2.24) is 0 Å². The predicted molar refractivity (Wildman–Crippen MR) is 218 cm³/mol. The average molecular weight is 701 g/mol. The Balaban J connectivity index is 3.64. The maximum Gasteiger partial charge on any atom is 0.307 e. The first-order valence-electron chi connectivity index (χ1n) is 22.0. The number of rotatable bonds is 40. The lowest BCUT2D eigenvalue weighted by Gasteiger charge is -2.16. The Morgan fingerprint density at radius 1 is 0.460 bits per heavy atom. The van der Waals surface area contributed by atoms with Crippen molar-refractivity contribution in [2.75, 3.05) is 0 Å². The van der Waals surface area contributed by atoms with E-state index in [9.17, 15) is 14.7 Å². The van der Waals surface area contributed by atoms with Crippen LogP contribution in [0.4, 0.5) is 0 Å². The molecule has 50 heavy (non-hydrogen) atoms. The molecule has 0 aliphatic carbocycles. The highest BCUT2D eigenvalue weighted by Gasteiger charge is 2.17. The van der Waals surface area contributed by atoms with Crippen LogP contribution in [0.5, 0.6) is 0 Å². The summed E-state index contributed by atoms with van der Waals surface area (Å²) in [6.45, 7) is 4.53. The molecule has 0 aromatic rings. The fourth-order valence-electron chi connectivity index (χ4n) is 6.58. The summed E-state index contributed by atoms with van der Waals surface area (Å²) in [6.07, 6.45) is 54.6. The van der Waals surface area contributed by atoms with Gasteiger partial charge < -0.3 is 9.84 Å². The Morgan fingerprint density at radius 2 is 0.800 bits per heavy atom. The quantitative estimate of drug-likeness (QED) is 0.0393. The van der Waals surface area contributed by atoms with E-state index >= 15 is 0 Å². The van der Waals surface area contributed by atoms with Crippen LogP contribution in [0.1, 0.15) is 239 Å². The van der Waals surface area contributed by atoms with Gasteiger partial charge in [-0.1, -0.05) is 185 Å². The zero-order valence-corrected chi connectivity index (χ0v) is 33.5. The molecule has 0 saturated heterocycles. The van der Waals surface area contributed by atoms with Gasteiger partial charge in [0.05, 0.1) is 6.42 Å². The van der Waals surface area contributed by atoms with Crippen molar-refractivity contribution in [2.45, 2.75) is 245 Å². The molecule has 0 rings (SSSR count). The van der Waals surface area contributed by atoms with Crippen molar-refractivity contribution in [3.05, 3.63) is 36.5 Å². The number of esters is 1. The Morgan fingerprint density at radius 3 is 1.26 bits per heavy atom. The zero-order chi connectivity index (χ0) is 36.4. The number of carbonyl (C=O) groups excluding carboxylic acids is 1. The topological polar surface area (TPSA) is 63.6 Å². The van der Waals surface area contributed by atoms with Gasteiger partial charge in [-0.05, 0) is 77.0 Å². The summed E-state index contributed by atoms with van der Waals surface area (Å²) in [5, 5.41) is 9.30. The first-order valence-corrected chi connectivity index (χ1v) is 22.0. The second kappa shape index (κ2) is 41.6. The van der Waals surface area contributed by atoms with E-state index in [1.165, 1.54) is 161 Å². The van der Waals surface area contributed by atoms with E-state index in [-0.39, 0.29) is 12.4 Å². The summed E-state index contributed by atoms with van der Waals surface area (Å²) in [5.41, 5.74) is 0. The third kappa shape index (κ3) is 40.6. The van der Waals surface area contributed by atoms with Crippen LogP contribution >= 0.6 is 0 Å². The van der Waals surface area contributed by atoms with Gasteiger partial charge in [0.25, 0.3) is 0 Å². The van der Waals surface area contributed by atoms with Gasteiger partial charge in [0.1, 0.15) is 6.10 Å². The lowest BCUT2D eigenvalue weighted by atomic mass is 10.0. The van der Waals surface area contributed by atoms with E-state index in [4.69, 9.17) is 4.74 Å². The lowest BCUT2D eigenvalue weighted by molar-refractivity contribution is -0.153. The maximum absolute atomic E-state index is 12.4. The number of allylic oxidation sites excluding steroid dienone is 6. The first-order chi connectivity index (χ1) is 24.6. The molecule has 0 aromatic carbocycles. The largest absolute Gasteiger partial charge is 0.481 e. The van der Waals surface area contributed by atoms with Crippen LogP contribution in [0, 0.1) is 0 Å². The van der Waals surface area contributed by atoms with Crippen molar-refractivity contribution in [3.63, 3.8) is 0 Å². The second-order valence-corrected chi connectivity index (χ2v) is 14.9. The van der Waals surface area contributed by atoms with Gasteiger partial charge in [-0.3, -0.25) is 9.59 Å². The third-order valence-electron chi connectivity index (χ3n) is 9.82. The number of ether oxygens (including phenoxy) is 1. The lowest BCUT2D eigenvalue weighted by Crippen LogP contribution is -2.21. The smallest absolute Gasteiger partial charge is 0.307 e. The number of carboxylic acid groups (broad SMARTS) is 1. The highest BCUT2D eigenvalue weighted by atomic mass is 16.5. The normalized spacial score (nSPS) is 12.5. The van der Waals surface area contributed by atoms with E-state index in [2.05, 4.69) is 50.3 Å². The fraction of sp³-hybridized carbons (Fsp3) is 0.826. The van der Waals surface area contributed by atoms with Crippen molar-refractivity contribution in [1.29, 1.82) is 0 Å². The fourth-order valence-corrected chi connectivity index (χ4v) is 6.58. The SMILES string of the molecule is CCCCC/C=C\C/C=C\CCCC/C=C\CCCCCCCC(=O)OC(CCCCCCCCCCCCCCCCCCC)CC(=O)O. The number of aliphatic carboxylic acids is 1. The zero-order valence-electron chi connectivity index (χ0n) is 33.5. The summed E-state index contributed by atoms with van der Waals surface area (Å²) in [7, 11) is 0. The monoisotopic (exact) mass is 701 g/mol. The summed E-state index contributed by atoms with van der Waals surface area (Å²) in [5.74, 6) is -1.11. The molecule has 1 N–H and O–H groups in total. The molecule has 0 bridgehead atoms. The van der Waals surface area contributed by atoms with Crippen LogP contribution in [-0.4, -0.2) is 23.1 Å². The average Bonchev–Trinajstić information content (AvgIpc) is 3.10. The van der Waals surface area contributed by atoms with Crippen LogP contribution in [-0.2, 0) is 14.3 Å². The van der Waals surface area contributed by atoms with Crippen LogP contribution in [0.15, 0.2) is 36.5 Å². The molecule has 4 heteroatoms. The molecule has 0 fully saturated rings. The van der Waals surface area contributed by atoms with E-state index in [0.717, 1.165) is 44.9 Å². The van der Waals surface area contributed by atoms with Gasteiger partial charge in [0.2, 0.25) is 0 Å². The molecule has 0 heterocycles. The molecule has 1 unspecified atom stereocenters. The van der Waals surface area contributed by atoms with Gasteiger partial charge in [-0.15, -0.1) is 0 Å². The highest BCUT2D eigenvalue weighted by Crippen LogP contribution is 2.17. The Labute approximate surface area is 311 Å². The van der Waals surface area contributed by atoms with E-state index in [1.54, 1.807) is 0 Å². The van der Waals surface area contributed by atoms with Crippen LogP contribution in [0.25, 0.3) is 0 Å². The molecule has 1 atom stereocenters. The Kier molecular flexibility index (Phi) is 40.0. The minimum atomic E-state index is -0.882. The minimum absolute atomic E-state index is 0.0771. The Hall–Kier alpha value is -1.84. The molecular formula is C46H84O4. The minimum Gasteiger partial charge on any atom is -0.481 e. The summed E-state index contributed by atoms with van der Waals surface area (Å²) < 4.78 is 5.60. The molecule has 0 radical (unpaired) electrons. The molecule has 0 spiro atoms. The second-order valence-electron chi connectivity index (χ2n) is 14.9. The van der Waals surface area contributed by atoms with E-state index in [0.29, 0.717) is 12.8 Å². The molecule has 0 amide bonds. The van der Waals surface area contributed by atoms with Crippen LogP contribution < -0.4 is 0 Å².